The van der Waals surface area contributed by atoms with Crippen molar-refractivity contribution in [3.63, 3.8) is 0 Å². The zero-order valence-electron chi connectivity index (χ0n) is 8.40. The third kappa shape index (κ3) is 1.80. The number of hydrogen-bond donors (Lipinski definition) is 1. The molecule has 1 aliphatic heterocycles. The standard InChI is InChI=1S/C11H12O4/c1-2-8(12)11(13)7-3-4-9-10(5-7)15-6-14-9/h3-5,11,13H,2,6H2,1H3. The van der Waals surface area contributed by atoms with Crippen molar-refractivity contribution in [2.24, 2.45) is 0 Å². The zero-order valence-corrected chi connectivity index (χ0v) is 8.40. The van der Waals surface area contributed by atoms with Crippen LogP contribution in [0.3, 0.4) is 0 Å². The highest BCUT2D eigenvalue weighted by molar-refractivity contribution is 5.84. The normalized spacial score (nSPS) is 15.1. The van der Waals surface area contributed by atoms with Gasteiger partial charge in [0.05, 0.1) is 0 Å². The Kier molecular flexibility index (Phi) is 2.60. The van der Waals surface area contributed by atoms with Gasteiger partial charge in [0.15, 0.2) is 17.3 Å². The lowest BCUT2D eigenvalue weighted by atomic mass is 10.0. The number of aliphatic hydroxyl groups is 1. The largest absolute Gasteiger partial charge is 0.454 e. The van der Waals surface area contributed by atoms with Crippen LogP contribution in [-0.2, 0) is 4.79 Å². The Morgan fingerprint density at radius 2 is 2.20 bits per heavy atom. The first-order valence-corrected chi connectivity index (χ1v) is 4.82. The van der Waals surface area contributed by atoms with Gasteiger partial charge in [-0.1, -0.05) is 13.0 Å². The molecular formula is C11H12O4. The van der Waals surface area contributed by atoms with E-state index in [9.17, 15) is 9.90 Å². The Labute approximate surface area is 87.4 Å². The first-order chi connectivity index (χ1) is 7.22. The molecule has 1 aromatic carbocycles. The maximum absolute atomic E-state index is 11.3. The molecule has 0 radical (unpaired) electrons. The topological polar surface area (TPSA) is 55.8 Å². The van der Waals surface area contributed by atoms with Crippen LogP contribution in [0.15, 0.2) is 18.2 Å². The van der Waals surface area contributed by atoms with Crippen molar-refractivity contribution in [3.8, 4) is 11.5 Å². The summed E-state index contributed by atoms with van der Waals surface area (Å²) < 4.78 is 10.3. The molecule has 0 amide bonds. The molecule has 1 aromatic rings. The predicted octanol–water partition coefficient (Wildman–Crippen LogP) is 1.43. The fourth-order valence-corrected chi connectivity index (χ4v) is 1.46. The van der Waals surface area contributed by atoms with Crippen LogP contribution in [0.5, 0.6) is 11.5 Å². The number of carbonyl (C=O) groups excluding carboxylic acids is 1. The molecule has 0 saturated carbocycles. The maximum Gasteiger partial charge on any atom is 0.231 e. The van der Waals surface area contributed by atoms with Gasteiger partial charge in [0.2, 0.25) is 6.79 Å². The van der Waals surface area contributed by atoms with E-state index in [1.54, 1.807) is 25.1 Å². The average Bonchev–Trinajstić information content (AvgIpc) is 2.73. The van der Waals surface area contributed by atoms with Crippen LogP contribution in [0.25, 0.3) is 0 Å². The second-order valence-corrected chi connectivity index (χ2v) is 3.34. The van der Waals surface area contributed by atoms with E-state index in [0.717, 1.165) is 0 Å². The second-order valence-electron chi connectivity index (χ2n) is 3.34. The van der Waals surface area contributed by atoms with Crippen molar-refractivity contribution in [2.75, 3.05) is 6.79 Å². The third-order valence-corrected chi connectivity index (χ3v) is 2.37. The first kappa shape index (κ1) is 9.98. The fourth-order valence-electron chi connectivity index (χ4n) is 1.46. The first-order valence-electron chi connectivity index (χ1n) is 4.82. The van der Waals surface area contributed by atoms with E-state index in [1.165, 1.54) is 0 Å². The van der Waals surface area contributed by atoms with Gasteiger partial charge < -0.3 is 14.6 Å². The number of fused-ring (bicyclic) bond motifs is 1. The Morgan fingerprint density at radius 1 is 1.47 bits per heavy atom. The lowest BCUT2D eigenvalue weighted by molar-refractivity contribution is -0.127. The highest BCUT2D eigenvalue weighted by Gasteiger charge is 2.19. The molecule has 2 rings (SSSR count). The highest BCUT2D eigenvalue weighted by Crippen LogP contribution is 2.34. The summed E-state index contributed by atoms with van der Waals surface area (Å²) in [6.07, 6.45) is -0.750. The molecule has 1 atom stereocenters. The van der Waals surface area contributed by atoms with Gasteiger partial charge in [0.1, 0.15) is 6.10 Å². The number of ketones is 1. The Balaban J connectivity index is 2.26. The SMILES string of the molecule is CCC(=O)C(O)c1ccc2c(c1)OCO2. The Hall–Kier alpha value is -1.55. The molecule has 4 nitrogen and oxygen atoms in total. The van der Waals surface area contributed by atoms with Crippen LogP contribution in [0.2, 0.25) is 0 Å². The monoisotopic (exact) mass is 208 g/mol. The van der Waals surface area contributed by atoms with E-state index in [0.29, 0.717) is 23.5 Å². The fraction of sp³-hybridized carbons (Fsp3) is 0.364. The van der Waals surface area contributed by atoms with E-state index in [4.69, 9.17) is 9.47 Å². The molecule has 0 spiro atoms. The molecule has 0 aromatic heterocycles. The molecular weight excluding hydrogens is 196 g/mol. The van der Waals surface area contributed by atoms with Gasteiger partial charge in [-0.05, 0) is 17.7 Å². The molecule has 1 heterocycles. The summed E-state index contributed by atoms with van der Waals surface area (Å²) in [5.74, 6) is 1.03. The third-order valence-electron chi connectivity index (χ3n) is 2.37. The van der Waals surface area contributed by atoms with Crippen LogP contribution in [0, 0.1) is 0 Å². The lowest BCUT2D eigenvalue weighted by Gasteiger charge is -2.08. The Bertz CT molecular complexity index is 386. The highest BCUT2D eigenvalue weighted by atomic mass is 16.7. The van der Waals surface area contributed by atoms with E-state index in [2.05, 4.69) is 0 Å². The molecule has 1 N–H and O–H groups in total. The summed E-state index contributed by atoms with van der Waals surface area (Å²) in [7, 11) is 0. The number of ether oxygens (including phenoxy) is 2. The van der Waals surface area contributed by atoms with Gasteiger partial charge in [-0.2, -0.15) is 0 Å². The molecule has 0 saturated heterocycles. The van der Waals surface area contributed by atoms with Gasteiger partial charge in [0.25, 0.3) is 0 Å². The van der Waals surface area contributed by atoms with Crippen LogP contribution in [0.4, 0.5) is 0 Å². The minimum atomic E-state index is -1.07. The summed E-state index contributed by atoms with van der Waals surface area (Å²) in [6.45, 7) is 1.91. The van der Waals surface area contributed by atoms with E-state index in [1.807, 2.05) is 0 Å². The van der Waals surface area contributed by atoms with Crippen molar-refractivity contribution in [2.45, 2.75) is 19.4 Å². The minimum absolute atomic E-state index is 0.191. The number of rotatable bonds is 3. The number of carbonyl (C=O) groups is 1. The average molecular weight is 208 g/mol. The van der Waals surface area contributed by atoms with E-state index < -0.39 is 6.10 Å². The molecule has 0 fully saturated rings. The van der Waals surface area contributed by atoms with E-state index >= 15 is 0 Å². The van der Waals surface area contributed by atoms with Gasteiger partial charge in [-0.3, -0.25) is 4.79 Å². The quantitative estimate of drug-likeness (QED) is 0.816. The molecule has 0 aliphatic carbocycles. The zero-order chi connectivity index (χ0) is 10.8. The van der Waals surface area contributed by atoms with Crippen molar-refractivity contribution < 1.29 is 19.4 Å². The minimum Gasteiger partial charge on any atom is -0.454 e. The summed E-state index contributed by atoms with van der Waals surface area (Å²) in [5.41, 5.74) is 0.547. The predicted molar refractivity (Wildman–Crippen MR) is 52.8 cm³/mol. The molecule has 1 aliphatic rings. The summed E-state index contributed by atoms with van der Waals surface area (Å²) >= 11 is 0. The molecule has 15 heavy (non-hydrogen) atoms. The van der Waals surface area contributed by atoms with E-state index in [-0.39, 0.29) is 12.6 Å². The van der Waals surface area contributed by atoms with Crippen LogP contribution < -0.4 is 9.47 Å². The smallest absolute Gasteiger partial charge is 0.231 e. The number of aliphatic hydroxyl groups excluding tert-OH is 1. The Morgan fingerprint density at radius 3 is 2.93 bits per heavy atom. The lowest BCUT2D eigenvalue weighted by Crippen LogP contribution is -2.10. The maximum atomic E-state index is 11.3. The van der Waals surface area contributed by atoms with Gasteiger partial charge in [-0.15, -0.1) is 0 Å². The summed E-state index contributed by atoms with van der Waals surface area (Å²) in [5, 5.41) is 9.67. The number of benzene rings is 1. The van der Waals surface area contributed by atoms with Crippen molar-refractivity contribution in [1.82, 2.24) is 0 Å². The van der Waals surface area contributed by atoms with Crippen LogP contribution in [-0.4, -0.2) is 17.7 Å². The molecule has 4 heteroatoms. The summed E-state index contributed by atoms with van der Waals surface area (Å²) in [6, 6.07) is 5.01. The second kappa shape index (κ2) is 3.90. The van der Waals surface area contributed by atoms with Gasteiger partial charge in [-0.25, -0.2) is 0 Å². The van der Waals surface area contributed by atoms with Gasteiger partial charge in [0, 0.05) is 6.42 Å². The van der Waals surface area contributed by atoms with Gasteiger partial charge >= 0.3 is 0 Å². The summed E-state index contributed by atoms with van der Waals surface area (Å²) in [4.78, 5) is 11.3. The van der Waals surface area contributed by atoms with Crippen molar-refractivity contribution in [3.05, 3.63) is 23.8 Å². The number of hydrogen-bond acceptors (Lipinski definition) is 4. The van der Waals surface area contributed by atoms with Crippen LogP contribution in [0.1, 0.15) is 25.0 Å². The molecule has 80 valence electrons. The van der Waals surface area contributed by atoms with Crippen molar-refractivity contribution >= 4 is 5.78 Å². The number of Topliss-reactive ketones (excluding diaryl/α,β-unsaturated/α-hetero) is 1. The van der Waals surface area contributed by atoms with Crippen molar-refractivity contribution in [1.29, 1.82) is 0 Å². The molecule has 1 unspecified atom stereocenters. The van der Waals surface area contributed by atoms with Crippen LogP contribution >= 0.6 is 0 Å². The molecule has 0 bridgehead atoms.